The highest BCUT2D eigenvalue weighted by molar-refractivity contribution is 7.67. The molecule has 8 nitrogen and oxygen atoms in total. The Kier molecular flexibility index (Phi) is 4.35. The number of thiol groups is 2. The molecule has 1 unspecified atom stereocenters. The first-order valence-electron chi connectivity index (χ1n) is 3.54. The fraction of sp³-hybridized carbons (Fsp3) is 0.400. The highest BCUT2D eigenvalue weighted by Gasteiger charge is 2.15. The van der Waals surface area contributed by atoms with Crippen molar-refractivity contribution in [2.45, 2.75) is 0 Å². The lowest BCUT2D eigenvalue weighted by atomic mass is 10.2. The highest BCUT2D eigenvalue weighted by Crippen LogP contribution is 2.04. The van der Waals surface area contributed by atoms with Crippen LogP contribution in [0.5, 0.6) is 0 Å². The van der Waals surface area contributed by atoms with Crippen molar-refractivity contribution in [2.24, 2.45) is 11.1 Å². The van der Waals surface area contributed by atoms with E-state index in [1.54, 1.807) is 0 Å². The van der Waals surface area contributed by atoms with Gasteiger partial charge in [-0.3, -0.25) is 4.28 Å². The van der Waals surface area contributed by atoms with Gasteiger partial charge in [-0.2, -0.15) is 13.5 Å². The molecule has 0 saturated carbocycles. The van der Waals surface area contributed by atoms with Gasteiger partial charge in [0, 0.05) is 6.04 Å². The van der Waals surface area contributed by atoms with Gasteiger partial charge in [0.05, 0.1) is 18.7 Å². The molecule has 1 rings (SSSR count). The van der Waals surface area contributed by atoms with Crippen molar-refractivity contribution >= 4 is 28.2 Å². The summed E-state index contributed by atoms with van der Waals surface area (Å²) < 4.78 is 48.3. The maximum absolute atomic E-state index is 10.1. The zero-order valence-corrected chi connectivity index (χ0v) is 8.89. The summed E-state index contributed by atoms with van der Waals surface area (Å²) in [5, 5.41) is 4.01. The number of hydrogen-bond donors (Lipinski definition) is 2. The van der Waals surface area contributed by atoms with Gasteiger partial charge in [-0.1, -0.05) is 11.1 Å². The van der Waals surface area contributed by atoms with Crippen molar-refractivity contribution < 1.29 is 25.4 Å². The van der Waals surface area contributed by atoms with E-state index < -0.39 is 27.9 Å². The second-order valence-electron chi connectivity index (χ2n) is 2.29. The van der Waals surface area contributed by atoms with E-state index in [0.717, 1.165) is 11.3 Å². The van der Waals surface area contributed by atoms with Crippen LogP contribution in [0.4, 0.5) is 0 Å². The first-order chi connectivity index (χ1) is 7.08. The van der Waals surface area contributed by atoms with Gasteiger partial charge in [0.2, 0.25) is 0 Å². The molecule has 0 aromatic rings. The first kappa shape index (κ1) is 11.8. The molecule has 10 heteroatoms. The number of nitrogens with zero attached hydrogens (tertiary/aromatic N) is 2. The number of hydrogen-bond acceptors (Lipinski definition) is 8. The van der Waals surface area contributed by atoms with Crippen LogP contribution in [0.3, 0.4) is 0 Å². The molecule has 0 spiro atoms. The lowest BCUT2D eigenvalue weighted by Gasteiger charge is -2.07. The Hall–Kier alpha value is -1.31. The van der Waals surface area contributed by atoms with Crippen LogP contribution >= 0.6 is 0 Å². The number of hydroxylamine groups is 2. The van der Waals surface area contributed by atoms with E-state index in [0.29, 0.717) is 0 Å². The van der Waals surface area contributed by atoms with Gasteiger partial charge in [-0.25, -0.2) is 8.42 Å². The third-order valence-corrected chi connectivity index (χ3v) is 1.82. The van der Waals surface area contributed by atoms with Gasteiger partial charge in [0.15, 0.2) is 0 Å². The third-order valence-electron chi connectivity index (χ3n) is 1.26. The molecule has 0 saturated heterocycles. The van der Waals surface area contributed by atoms with Crippen LogP contribution in [-0.4, -0.2) is 34.7 Å². The van der Waals surface area contributed by atoms with Crippen molar-refractivity contribution in [3.05, 3.63) is 0 Å². The van der Waals surface area contributed by atoms with Crippen molar-refractivity contribution in [3.8, 4) is 12.0 Å². The minimum absolute atomic E-state index is 0.117. The zero-order valence-electron chi connectivity index (χ0n) is 7.10. The average molecular weight is 254 g/mol. The summed E-state index contributed by atoms with van der Waals surface area (Å²) in [5.41, 5.74) is 0. The van der Waals surface area contributed by atoms with Gasteiger partial charge in [-0.15, -0.1) is 4.28 Å². The minimum Gasteiger partial charge on any atom is -0.271 e. The van der Waals surface area contributed by atoms with Crippen molar-refractivity contribution in [3.63, 3.8) is 0 Å². The standard InChI is InChI=1S/C5H6N2O6S2/c8-14(9)12-6-3-5-1-2-7(4-5)13-15(10)11/h3,5,14-15H,4H2. The van der Waals surface area contributed by atoms with Gasteiger partial charge in [0.25, 0.3) is 11.0 Å². The van der Waals surface area contributed by atoms with E-state index in [1.807, 2.05) is 0 Å². The van der Waals surface area contributed by atoms with Gasteiger partial charge in [0.1, 0.15) is 0 Å². The average Bonchev–Trinajstić information content (AvgIpc) is 2.50. The van der Waals surface area contributed by atoms with Crippen LogP contribution in [0.1, 0.15) is 0 Å². The van der Waals surface area contributed by atoms with E-state index in [2.05, 4.69) is 25.7 Å². The van der Waals surface area contributed by atoms with Crippen LogP contribution in [0, 0.1) is 17.9 Å². The van der Waals surface area contributed by atoms with Crippen LogP contribution < -0.4 is 0 Å². The lowest BCUT2D eigenvalue weighted by Crippen LogP contribution is -2.20. The molecule has 1 atom stereocenters. The summed E-state index contributed by atoms with van der Waals surface area (Å²) in [6, 6.07) is 2.36. The maximum atomic E-state index is 10.1. The van der Waals surface area contributed by atoms with Crippen LogP contribution in [0.15, 0.2) is 5.16 Å². The maximum Gasteiger partial charge on any atom is 0.318 e. The van der Waals surface area contributed by atoms with E-state index in [9.17, 15) is 16.8 Å². The minimum atomic E-state index is -3.03. The van der Waals surface area contributed by atoms with Crippen molar-refractivity contribution in [1.29, 1.82) is 0 Å². The molecule has 84 valence electrons. The molecular weight excluding hydrogens is 248 g/mol. The van der Waals surface area contributed by atoms with Crippen molar-refractivity contribution in [2.75, 3.05) is 6.54 Å². The molecule has 0 aromatic carbocycles. The molecule has 0 bridgehead atoms. The van der Waals surface area contributed by atoms with Crippen LogP contribution in [0.2, 0.25) is 0 Å². The third kappa shape index (κ3) is 4.63. The molecule has 0 N–H and O–H groups in total. The number of oxime groups is 1. The summed E-state index contributed by atoms with van der Waals surface area (Å²) in [6.07, 6.45) is 1.14. The smallest absolute Gasteiger partial charge is 0.271 e. The van der Waals surface area contributed by atoms with E-state index >= 15 is 0 Å². The largest absolute Gasteiger partial charge is 0.318 e. The van der Waals surface area contributed by atoms with Gasteiger partial charge < -0.3 is 0 Å². The highest BCUT2D eigenvalue weighted by atomic mass is 32.2. The summed E-state index contributed by atoms with van der Waals surface area (Å²) in [5.74, 6) is 2.11. The summed E-state index contributed by atoms with van der Waals surface area (Å²) in [7, 11) is -6.04. The van der Waals surface area contributed by atoms with Gasteiger partial charge >= 0.3 is 11.0 Å². The summed E-state index contributed by atoms with van der Waals surface area (Å²) >= 11 is 0. The second kappa shape index (κ2) is 5.54. The molecule has 0 radical (unpaired) electrons. The Bertz CT molecular complexity index is 440. The fourth-order valence-electron chi connectivity index (χ4n) is 0.783. The van der Waals surface area contributed by atoms with E-state index in [4.69, 9.17) is 0 Å². The number of rotatable bonds is 5. The Morgan fingerprint density at radius 1 is 1.33 bits per heavy atom. The van der Waals surface area contributed by atoms with Gasteiger partial charge in [-0.05, 0) is 0 Å². The Morgan fingerprint density at radius 2 is 2.07 bits per heavy atom. The second-order valence-corrected chi connectivity index (χ2v) is 3.51. The molecule has 0 amide bonds. The Labute approximate surface area is 88.7 Å². The molecule has 0 fully saturated rings. The van der Waals surface area contributed by atoms with Crippen LogP contribution in [-0.2, 0) is 30.5 Å². The Morgan fingerprint density at radius 3 is 2.67 bits per heavy atom. The normalized spacial score (nSPS) is 19.9. The SMILES string of the molecule is O=[SH](=O)ON=CC1C#CN(O[SH](=O)=O)C1. The molecule has 0 aromatic heterocycles. The molecule has 1 aliphatic rings. The zero-order chi connectivity index (χ0) is 11.3. The molecule has 0 aliphatic carbocycles. The molecule has 1 heterocycles. The van der Waals surface area contributed by atoms with Crippen molar-refractivity contribution in [1.82, 2.24) is 5.06 Å². The molecular formula is C5H6N2O6S2. The topological polar surface area (TPSA) is 102 Å². The summed E-state index contributed by atoms with van der Waals surface area (Å²) in [4.78, 5) is 0. The first-order valence-corrected chi connectivity index (χ1v) is 5.73. The van der Waals surface area contributed by atoms with E-state index in [-0.39, 0.29) is 6.54 Å². The predicted molar refractivity (Wildman–Crippen MR) is 49.3 cm³/mol. The fourth-order valence-corrected chi connectivity index (χ4v) is 1.18. The molecule has 1 aliphatic heterocycles. The lowest BCUT2D eigenvalue weighted by molar-refractivity contribution is 0.0240. The van der Waals surface area contributed by atoms with E-state index in [1.165, 1.54) is 0 Å². The monoisotopic (exact) mass is 254 g/mol. The Balaban J connectivity index is 2.39. The predicted octanol–water partition coefficient (Wildman–Crippen LogP) is -2.13. The van der Waals surface area contributed by atoms with Crippen LogP contribution in [0.25, 0.3) is 0 Å². The molecule has 15 heavy (non-hydrogen) atoms. The quantitative estimate of drug-likeness (QED) is 0.250. The summed E-state index contributed by atoms with van der Waals surface area (Å²) in [6.45, 7) is 0.117.